The Morgan fingerprint density at radius 3 is 2.58 bits per heavy atom. The zero-order valence-corrected chi connectivity index (χ0v) is 13.4. The van der Waals surface area contributed by atoms with Crippen molar-refractivity contribution in [3.63, 3.8) is 0 Å². The predicted molar refractivity (Wildman–Crippen MR) is 84.9 cm³/mol. The first-order chi connectivity index (χ1) is 11.5. The van der Waals surface area contributed by atoms with Crippen molar-refractivity contribution in [2.45, 2.75) is 19.5 Å². The van der Waals surface area contributed by atoms with Gasteiger partial charge in [-0.2, -0.15) is 8.78 Å². The highest BCUT2D eigenvalue weighted by Gasteiger charge is 2.25. The summed E-state index contributed by atoms with van der Waals surface area (Å²) < 4.78 is 29.1. The van der Waals surface area contributed by atoms with Crippen molar-refractivity contribution in [2.75, 3.05) is 32.0 Å². The Bertz CT molecular complexity index is 575. The number of hydrogen-bond acceptors (Lipinski definition) is 4. The van der Waals surface area contributed by atoms with Gasteiger partial charge in [-0.3, -0.25) is 14.5 Å². The number of benzene rings is 1. The molecular weight excluding hydrogens is 320 g/mol. The summed E-state index contributed by atoms with van der Waals surface area (Å²) in [6.45, 7) is -1.53. The topological polar surface area (TPSA) is 70.7 Å². The molecule has 0 saturated carbocycles. The number of alkyl halides is 2. The molecule has 0 aromatic heterocycles. The fourth-order valence-corrected chi connectivity index (χ4v) is 2.72. The molecule has 2 amide bonds. The molecule has 132 valence electrons. The highest BCUT2D eigenvalue weighted by molar-refractivity contribution is 5.93. The van der Waals surface area contributed by atoms with Crippen LogP contribution in [0.15, 0.2) is 24.3 Å². The lowest BCUT2D eigenvalue weighted by Gasteiger charge is -2.30. The highest BCUT2D eigenvalue weighted by Crippen LogP contribution is 2.25. The first kappa shape index (κ1) is 18.1. The largest absolute Gasteiger partial charge is 0.433 e. The molecule has 8 heteroatoms. The third-order valence-corrected chi connectivity index (χ3v) is 3.95. The van der Waals surface area contributed by atoms with Crippen LogP contribution in [-0.4, -0.2) is 50.0 Å². The molecule has 0 aliphatic carbocycles. The molecule has 0 atom stereocenters. The number of halogens is 2. The Morgan fingerprint density at radius 2 is 1.96 bits per heavy atom. The molecule has 1 fully saturated rings. The molecule has 2 N–H and O–H groups in total. The van der Waals surface area contributed by atoms with Crippen LogP contribution in [0.1, 0.15) is 12.8 Å². The number of hydrogen-bond donors (Lipinski definition) is 2. The molecule has 1 aromatic rings. The number of carbonyl (C=O) groups excluding carboxylic acids is 2. The summed E-state index contributed by atoms with van der Waals surface area (Å²) in [4.78, 5) is 25.6. The van der Waals surface area contributed by atoms with E-state index in [4.69, 9.17) is 0 Å². The predicted octanol–water partition coefficient (Wildman–Crippen LogP) is 1.68. The molecule has 24 heavy (non-hydrogen) atoms. The van der Waals surface area contributed by atoms with Gasteiger partial charge in [-0.25, -0.2) is 0 Å². The number of piperidine rings is 1. The van der Waals surface area contributed by atoms with Gasteiger partial charge in [0, 0.05) is 13.0 Å². The summed E-state index contributed by atoms with van der Waals surface area (Å²) in [5, 5.41) is 5.22. The second-order valence-corrected chi connectivity index (χ2v) is 5.59. The summed E-state index contributed by atoms with van der Waals surface area (Å²) >= 11 is 0. The van der Waals surface area contributed by atoms with Gasteiger partial charge in [-0.1, -0.05) is 12.1 Å². The van der Waals surface area contributed by atoms with Gasteiger partial charge in [-0.05, 0) is 38.1 Å². The van der Waals surface area contributed by atoms with Crippen LogP contribution in [0, 0.1) is 5.92 Å². The monoisotopic (exact) mass is 341 g/mol. The average molecular weight is 341 g/mol. The lowest BCUT2D eigenvalue weighted by atomic mass is 9.96. The summed E-state index contributed by atoms with van der Waals surface area (Å²) in [5.74, 6) is -0.371. The fourth-order valence-electron chi connectivity index (χ4n) is 2.72. The maximum absolute atomic E-state index is 12.4. The zero-order chi connectivity index (χ0) is 17.5. The van der Waals surface area contributed by atoms with Gasteiger partial charge >= 0.3 is 6.61 Å². The molecule has 1 aromatic carbocycles. The van der Waals surface area contributed by atoms with Crippen LogP contribution >= 0.6 is 0 Å². The van der Waals surface area contributed by atoms with Crippen LogP contribution in [-0.2, 0) is 9.59 Å². The number of nitrogens with one attached hydrogen (secondary N) is 2. The third-order valence-electron chi connectivity index (χ3n) is 3.95. The Morgan fingerprint density at radius 1 is 1.29 bits per heavy atom. The number of ether oxygens (including phenoxy) is 1. The lowest BCUT2D eigenvalue weighted by Crippen LogP contribution is -2.42. The van der Waals surface area contributed by atoms with E-state index in [1.165, 1.54) is 12.1 Å². The van der Waals surface area contributed by atoms with Crippen molar-refractivity contribution in [2.24, 2.45) is 5.92 Å². The minimum atomic E-state index is -2.95. The normalized spacial score (nSPS) is 16.0. The zero-order valence-electron chi connectivity index (χ0n) is 13.4. The molecule has 1 heterocycles. The number of carbonyl (C=O) groups is 2. The van der Waals surface area contributed by atoms with Gasteiger partial charge in [0.1, 0.15) is 5.75 Å². The smallest absolute Gasteiger partial charge is 0.387 e. The summed E-state index contributed by atoms with van der Waals surface area (Å²) in [5.41, 5.74) is 0.211. The summed E-state index contributed by atoms with van der Waals surface area (Å²) in [6, 6.07) is 6.06. The SMILES string of the molecule is CNC(=O)C1CCN(CC(=O)Nc2ccccc2OC(F)F)CC1. The molecule has 6 nitrogen and oxygen atoms in total. The maximum Gasteiger partial charge on any atom is 0.387 e. The molecule has 0 spiro atoms. The van der Waals surface area contributed by atoms with Crippen LogP contribution in [0.2, 0.25) is 0 Å². The van der Waals surface area contributed by atoms with Crippen LogP contribution in [0.3, 0.4) is 0 Å². The van der Waals surface area contributed by atoms with E-state index in [0.29, 0.717) is 25.9 Å². The van der Waals surface area contributed by atoms with Gasteiger partial charge in [-0.15, -0.1) is 0 Å². The van der Waals surface area contributed by atoms with Gasteiger partial charge in [0.2, 0.25) is 11.8 Å². The second kappa shape index (κ2) is 8.58. The summed E-state index contributed by atoms with van der Waals surface area (Å²) in [6.07, 6.45) is 1.38. The minimum absolute atomic E-state index is 0.0190. The Balaban J connectivity index is 1.85. The minimum Gasteiger partial charge on any atom is -0.433 e. The van der Waals surface area contributed by atoms with E-state index in [2.05, 4.69) is 15.4 Å². The van der Waals surface area contributed by atoms with Gasteiger partial charge < -0.3 is 15.4 Å². The van der Waals surface area contributed by atoms with Crippen LogP contribution in [0.25, 0.3) is 0 Å². The molecule has 1 aliphatic heterocycles. The molecular formula is C16H21F2N3O3. The number of rotatable bonds is 6. The maximum atomic E-state index is 12.4. The molecule has 2 rings (SSSR count). The third kappa shape index (κ3) is 5.16. The Hall–Kier alpha value is -2.22. The van der Waals surface area contributed by atoms with Crippen LogP contribution in [0.4, 0.5) is 14.5 Å². The van der Waals surface area contributed by atoms with Gasteiger partial charge in [0.15, 0.2) is 0 Å². The van der Waals surface area contributed by atoms with E-state index in [0.717, 1.165) is 0 Å². The first-order valence-electron chi connectivity index (χ1n) is 7.77. The number of anilines is 1. The van der Waals surface area contributed by atoms with Crippen molar-refractivity contribution in [3.8, 4) is 5.75 Å². The van der Waals surface area contributed by atoms with Gasteiger partial charge in [0.25, 0.3) is 0 Å². The molecule has 0 unspecified atom stereocenters. The fraction of sp³-hybridized carbons (Fsp3) is 0.500. The Kier molecular flexibility index (Phi) is 6.48. The number of amides is 2. The van der Waals surface area contributed by atoms with E-state index < -0.39 is 6.61 Å². The number of nitrogens with zero attached hydrogens (tertiary/aromatic N) is 1. The van der Waals surface area contributed by atoms with E-state index in [9.17, 15) is 18.4 Å². The van der Waals surface area contributed by atoms with Crippen molar-refractivity contribution in [1.29, 1.82) is 0 Å². The standard InChI is InChI=1S/C16H21F2N3O3/c1-19-15(23)11-6-8-21(9-7-11)10-14(22)20-12-4-2-3-5-13(12)24-16(17)18/h2-5,11,16H,6-10H2,1H3,(H,19,23)(H,20,22). The van der Waals surface area contributed by atoms with E-state index in [1.807, 2.05) is 4.90 Å². The molecule has 1 aliphatic rings. The van der Waals surface area contributed by atoms with E-state index >= 15 is 0 Å². The molecule has 0 bridgehead atoms. The van der Waals surface area contributed by atoms with Crippen molar-refractivity contribution < 1.29 is 23.1 Å². The van der Waals surface area contributed by atoms with Crippen LogP contribution in [0.5, 0.6) is 5.75 Å². The summed E-state index contributed by atoms with van der Waals surface area (Å²) in [7, 11) is 1.61. The van der Waals surface area contributed by atoms with Gasteiger partial charge in [0.05, 0.1) is 12.2 Å². The molecule has 1 saturated heterocycles. The second-order valence-electron chi connectivity index (χ2n) is 5.59. The number of likely N-dealkylation sites (tertiary alicyclic amines) is 1. The van der Waals surface area contributed by atoms with E-state index in [1.54, 1.807) is 19.2 Å². The first-order valence-corrected chi connectivity index (χ1v) is 7.77. The van der Waals surface area contributed by atoms with Crippen molar-refractivity contribution >= 4 is 17.5 Å². The van der Waals surface area contributed by atoms with Crippen molar-refractivity contribution in [1.82, 2.24) is 10.2 Å². The number of para-hydroxylation sites is 2. The Labute approximate surface area is 139 Å². The van der Waals surface area contributed by atoms with E-state index in [-0.39, 0.29) is 35.7 Å². The molecule has 0 radical (unpaired) electrons. The quantitative estimate of drug-likeness (QED) is 0.826. The van der Waals surface area contributed by atoms with Crippen molar-refractivity contribution in [3.05, 3.63) is 24.3 Å². The van der Waals surface area contributed by atoms with Crippen LogP contribution < -0.4 is 15.4 Å². The average Bonchev–Trinajstić information content (AvgIpc) is 2.56. The lowest BCUT2D eigenvalue weighted by molar-refractivity contribution is -0.126. The highest BCUT2D eigenvalue weighted by atomic mass is 19.3.